The van der Waals surface area contributed by atoms with Gasteiger partial charge in [0.25, 0.3) is 5.56 Å². The molecule has 0 amide bonds. The standard InChI is InChI=1S/C23H24N2O4S/c26-21-11-12-25(23(27)24-21)22-13-19(29-15-18-9-5-2-6-10-18)20(30-22)16-28-14-17-7-3-1-4-8-17/h1-12,19-20,22H,13-16H2,(H,24,26,27)/t19-,20+,22+/m0/s1. The summed E-state index contributed by atoms with van der Waals surface area (Å²) in [4.78, 5) is 26.0. The molecule has 1 aliphatic heterocycles. The Kier molecular flexibility index (Phi) is 6.84. The summed E-state index contributed by atoms with van der Waals surface area (Å²) < 4.78 is 13.8. The topological polar surface area (TPSA) is 73.3 Å². The van der Waals surface area contributed by atoms with Crippen molar-refractivity contribution in [3.8, 4) is 0 Å². The first-order valence-corrected chi connectivity index (χ1v) is 10.9. The smallest absolute Gasteiger partial charge is 0.329 e. The summed E-state index contributed by atoms with van der Waals surface area (Å²) in [6.07, 6.45) is 2.16. The van der Waals surface area contributed by atoms with Crippen LogP contribution < -0.4 is 11.2 Å². The maximum Gasteiger partial charge on any atom is 0.329 e. The van der Waals surface area contributed by atoms with E-state index in [0.29, 0.717) is 26.2 Å². The first-order valence-electron chi connectivity index (χ1n) is 9.93. The highest BCUT2D eigenvalue weighted by molar-refractivity contribution is 8.00. The molecule has 156 valence electrons. The number of hydrogen-bond donors (Lipinski definition) is 1. The third kappa shape index (κ3) is 5.30. The Balaban J connectivity index is 1.43. The summed E-state index contributed by atoms with van der Waals surface area (Å²) in [5.74, 6) is 0. The summed E-state index contributed by atoms with van der Waals surface area (Å²) in [5.41, 5.74) is 1.44. The van der Waals surface area contributed by atoms with Gasteiger partial charge in [-0.2, -0.15) is 0 Å². The number of benzene rings is 2. The van der Waals surface area contributed by atoms with E-state index in [2.05, 4.69) is 4.98 Å². The van der Waals surface area contributed by atoms with Gasteiger partial charge < -0.3 is 9.47 Å². The van der Waals surface area contributed by atoms with E-state index in [0.717, 1.165) is 11.1 Å². The molecule has 1 saturated heterocycles. The first kappa shape index (κ1) is 20.7. The Hall–Kier alpha value is -2.61. The molecule has 30 heavy (non-hydrogen) atoms. The van der Waals surface area contributed by atoms with Crippen LogP contribution in [0.5, 0.6) is 0 Å². The van der Waals surface area contributed by atoms with Gasteiger partial charge in [-0.3, -0.25) is 14.3 Å². The number of thioether (sulfide) groups is 1. The van der Waals surface area contributed by atoms with Crippen LogP contribution in [0.2, 0.25) is 0 Å². The van der Waals surface area contributed by atoms with E-state index in [9.17, 15) is 9.59 Å². The van der Waals surface area contributed by atoms with Crippen LogP contribution in [0.15, 0.2) is 82.5 Å². The molecule has 3 atom stereocenters. The van der Waals surface area contributed by atoms with Gasteiger partial charge in [0.05, 0.1) is 36.5 Å². The van der Waals surface area contributed by atoms with Gasteiger partial charge in [-0.1, -0.05) is 60.7 Å². The van der Waals surface area contributed by atoms with Gasteiger partial charge in [0.15, 0.2) is 0 Å². The molecule has 1 N–H and O–H groups in total. The van der Waals surface area contributed by atoms with Crippen molar-refractivity contribution < 1.29 is 9.47 Å². The van der Waals surface area contributed by atoms with E-state index in [1.54, 1.807) is 22.5 Å². The van der Waals surface area contributed by atoms with Crippen molar-refractivity contribution in [3.05, 3.63) is 105 Å². The Morgan fingerprint density at radius 2 is 1.60 bits per heavy atom. The normalized spacial score (nSPS) is 21.0. The highest BCUT2D eigenvalue weighted by atomic mass is 32.2. The van der Waals surface area contributed by atoms with Crippen molar-refractivity contribution in [1.29, 1.82) is 0 Å². The molecule has 4 rings (SSSR count). The molecule has 0 saturated carbocycles. The Morgan fingerprint density at radius 3 is 2.27 bits per heavy atom. The number of nitrogens with one attached hydrogen (secondary N) is 1. The van der Waals surface area contributed by atoms with Crippen LogP contribution in [0.4, 0.5) is 0 Å². The number of nitrogens with zero attached hydrogens (tertiary/aromatic N) is 1. The second-order valence-corrected chi connectivity index (χ2v) is 8.64. The fourth-order valence-corrected chi connectivity index (χ4v) is 5.04. The van der Waals surface area contributed by atoms with Gasteiger partial charge >= 0.3 is 5.69 Å². The SMILES string of the molecule is O=c1ccn([C@H]2C[C@H](OCc3ccccc3)[C@@H](COCc3ccccc3)S2)c(=O)[nH]1. The molecule has 2 heterocycles. The Bertz CT molecular complexity index is 1050. The van der Waals surface area contributed by atoms with Crippen molar-refractivity contribution in [2.24, 2.45) is 0 Å². The van der Waals surface area contributed by atoms with Crippen LogP contribution >= 0.6 is 11.8 Å². The molecule has 6 nitrogen and oxygen atoms in total. The van der Waals surface area contributed by atoms with Crippen molar-refractivity contribution in [2.45, 2.75) is 36.4 Å². The molecule has 7 heteroatoms. The predicted octanol–water partition coefficient (Wildman–Crippen LogP) is 3.34. The summed E-state index contributed by atoms with van der Waals surface area (Å²) in [7, 11) is 0. The highest BCUT2D eigenvalue weighted by Crippen LogP contribution is 2.42. The number of ether oxygens (including phenoxy) is 2. The van der Waals surface area contributed by atoms with E-state index in [1.165, 1.54) is 6.07 Å². The van der Waals surface area contributed by atoms with Crippen LogP contribution in [0.25, 0.3) is 0 Å². The van der Waals surface area contributed by atoms with Crippen LogP contribution in [0, 0.1) is 0 Å². The van der Waals surface area contributed by atoms with Crippen molar-refractivity contribution in [3.63, 3.8) is 0 Å². The Labute approximate surface area is 178 Å². The van der Waals surface area contributed by atoms with Crippen molar-refractivity contribution >= 4 is 11.8 Å². The lowest BCUT2D eigenvalue weighted by Crippen LogP contribution is -2.30. The molecule has 1 fully saturated rings. The van der Waals surface area contributed by atoms with E-state index in [4.69, 9.17) is 9.47 Å². The molecule has 1 aromatic heterocycles. The molecule has 0 spiro atoms. The van der Waals surface area contributed by atoms with Gasteiger partial charge in [-0.25, -0.2) is 4.79 Å². The van der Waals surface area contributed by atoms with E-state index in [1.807, 2.05) is 60.7 Å². The lowest BCUT2D eigenvalue weighted by molar-refractivity contribution is 0.0135. The third-order valence-corrected chi connectivity index (χ3v) is 6.57. The van der Waals surface area contributed by atoms with Crippen LogP contribution in [-0.4, -0.2) is 27.5 Å². The molecule has 1 aliphatic rings. The summed E-state index contributed by atoms with van der Waals surface area (Å²) in [6.45, 7) is 1.56. The van der Waals surface area contributed by atoms with E-state index < -0.39 is 5.69 Å². The minimum atomic E-state index is -0.396. The van der Waals surface area contributed by atoms with Gasteiger partial charge in [0.2, 0.25) is 0 Å². The van der Waals surface area contributed by atoms with Crippen LogP contribution in [-0.2, 0) is 22.7 Å². The average molecular weight is 425 g/mol. The van der Waals surface area contributed by atoms with Gasteiger partial charge in [-0.05, 0) is 11.1 Å². The number of aromatic amines is 1. The zero-order valence-electron chi connectivity index (χ0n) is 16.5. The number of rotatable bonds is 8. The van der Waals surface area contributed by atoms with Crippen molar-refractivity contribution in [2.75, 3.05) is 6.61 Å². The molecule has 0 aliphatic carbocycles. The monoisotopic (exact) mass is 424 g/mol. The molecule has 0 bridgehead atoms. The fourth-order valence-electron chi connectivity index (χ4n) is 3.50. The maximum absolute atomic E-state index is 12.2. The quantitative estimate of drug-likeness (QED) is 0.600. The summed E-state index contributed by atoms with van der Waals surface area (Å²) in [5, 5.41) is -0.0262. The minimum absolute atomic E-state index is 0.0604. The number of hydrogen-bond acceptors (Lipinski definition) is 5. The average Bonchev–Trinajstić information content (AvgIpc) is 3.16. The number of aromatic nitrogens is 2. The van der Waals surface area contributed by atoms with Crippen LogP contribution in [0.1, 0.15) is 22.9 Å². The largest absolute Gasteiger partial charge is 0.376 e. The second kappa shape index (κ2) is 9.93. The Morgan fingerprint density at radius 1 is 0.933 bits per heavy atom. The first-order chi connectivity index (χ1) is 14.7. The summed E-state index contributed by atoms with van der Waals surface area (Å²) >= 11 is 1.65. The summed E-state index contributed by atoms with van der Waals surface area (Å²) in [6, 6.07) is 21.4. The zero-order chi connectivity index (χ0) is 20.8. The molecule has 0 radical (unpaired) electrons. The molecular weight excluding hydrogens is 400 g/mol. The van der Waals surface area contributed by atoms with Crippen molar-refractivity contribution in [1.82, 2.24) is 9.55 Å². The molecule has 3 aromatic rings. The second-order valence-electron chi connectivity index (χ2n) is 7.22. The lowest BCUT2D eigenvalue weighted by atomic mass is 10.1. The van der Waals surface area contributed by atoms with Gasteiger partial charge in [-0.15, -0.1) is 11.8 Å². The highest BCUT2D eigenvalue weighted by Gasteiger charge is 2.37. The number of H-pyrrole nitrogens is 1. The van der Waals surface area contributed by atoms with E-state index in [-0.39, 0.29) is 22.3 Å². The molecule has 2 aromatic carbocycles. The van der Waals surface area contributed by atoms with Crippen LogP contribution in [0.3, 0.4) is 0 Å². The minimum Gasteiger partial charge on any atom is -0.376 e. The lowest BCUT2D eigenvalue weighted by Gasteiger charge is -2.19. The van der Waals surface area contributed by atoms with Gasteiger partial charge in [0, 0.05) is 18.7 Å². The van der Waals surface area contributed by atoms with E-state index >= 15 is 0 Å². The molecule has 0 unspecified atom stereocenters. The third-order valence-electron chi connectivity index (χ3n) is 5.04. The zero-order valence-corrected chi connectivity index (χ0v) is 17.3. The maximum atomic E-state index is 12.2. The fraction of sp³-hybridized carbons (Fsp3) is 0.304. The van der Waals surface area contributed by atoms with Gasteiger partial charge in [0.1, 0.15) is 0 Å². The predicted molar refractivity (Wildman–Crippen MR) is 117 cm³/mol. The molecular formula is C23H24N2O4S.